The van der Waals surface area contributed by atoms with Gasteiger partial charge in [-0.3, -0.25) is 4.79 Å². The zero-order valence-corrected chi connectivity index (χ0v) is 16.8. The van der Waals surface area contributed by atoms with Crippen LogP contribution in [0.5, 0.6) is 0 Å². The predicted octanol–water partition coefficient (Wildman–Crippen LogP) is 1.58. The van der Waals surface area contributed by atoms with Crippen molar-refractivity contribution in [3.05, 3.63) is 35.9 Å². The van der Waals surface area contributed by atoms with Crippen LogP contribution in [0.4, 0.5) is 0 Å². The normalized spacial score (nSPS) is 19.2. The van der Waals surface area contributed by atoms with Crippen LogP contribution in [0.2, 0.25) is 0 Å². The summed E-state index contributed by atoms with van der Waals surface area (Å²) in [7, 11) is -3.06. The molecule has 1 aromatic rings. The third-order valence-electron chi connectivity index (χ3n) is 4.41. The molecule has 27 heavy (non-hydrogen) atoms. The third-order valence-corrected chi connectivity index (χ3v) is 6.16. The Bertz CT molecular complexity index is 747. The van der Waals surface area contributed by atoms with Crippen molar-refractivity contribution < 1.29 is 18.0 Å². The van der Waals surface area contributed by atoms with Crippen molar-refractivity contribution in [1.29, 1.82) is 0 Å². The molecule has 2 N–H and O–H groups in total. The Kier molecular flexibility index (Phi) is 7.65. The quantitative estimate of drug-likeness (QED) is 0.388. The first-order chi connectivity index (χ1) is 12.8. The molecule has 1 atom stereocenters. The van der Waals surface area contributed by atoms with Crippen LogP contribution in [0.1, 0.15) is 32.3 Å². The van der Waals surface area contributed by atoms with Gasteiger partial charge in [0.15, 0.2) is 16.4 Å². The number of aryl methyl sites for hydroxylation is 1. The molecule has 0 aromatic heterocycles. The number of hydrogen-bond donors (Lipinski definition) is 1. The number of benzene rings is 1. The maximum absolute atomic E-state index is 12.5. The molecule has 0 aliphatic carbocycles. The summed E-state index contributed by atoms with van der Waals surface area (Å²) in [6, 6.07) is 9.62. The van der Waals surface area contributed by atoms with Crippen molar-refractivity contribution >= 4 is 21.6 Å². The minimum atomic E-state index is -3.06. The molecule has 2 rings (SSSR count). The molecule has 1 aromatic carbocycles. The fourth-order valence-corrected chi connectivity index (χ4v) is 4.82. The van der Waals surface area contributed by atoms with Gasteiger partial charge in [-0.25, -0.2) is 8.42 Å². The summed E-state index contributed by atoms with van der Waals surface area (Å²) < 4.78 is 23.5. The van der Waals surface area contributed by atoms with Gasteiger partial charge in [0.25, 0.3) is 5.91 Å². The molecule has 1 unspecified atom stereocenters. The standard InChI is InChI=1S/C19H29N3O4S/c1-15(2)12-22(17-10-11-27(24,25)14-17)19(23)13-26-21-18(20)9-8-16-6-4-3-5-7-16/h3-7,15,17H,8-14H2,1-2H3,(H2,20,21). The van der Waals surface area contributed by atoms with Crippen LogP contribution in [-0.4, -0.2) is 55.8 Å². The highest BCUT2D eigenvalue weighted by atomic mass is 32.2. The van der Waals surface area contributed by atoms with E-state index in [1.807, 2.05) is 44.2 Å². The number of amides is 1. The summed E-state index contributed by atoms with van der Waals surface area (Å²) >= 11 is 0. The SMILES string of the molecule is CC(C)CN(C(=O)CO/N=C(\N)CCc1ccccc1)C1CCS(=O)(=O)C1. The summed E-state index contributed by atoms with van der Waals surface area (Å²) in [4.78, 5) is 19.3. The van der Waals surface area contributed by atoms with Crippen molar-refractivity contribution in [2.45, 2.75) is 39.2 Å². The Balaban J connectivity index is 1.85. The highest BCUT2D eigenvalue weighted by molar-refractivity contribution is 7.91. The first kappa shape index (κ1) is 21.2. The van der Waals surface area contributed by atoms with Crippen LogP contribution < -0.4 is 5.73 Å². The average Bonchev–Trinajstić information content (AvgIpc) is 2.98. The van der Waals surface area contributed by atoms with Crippen LogP contribution >= 0.6 is 0 Å². The van der Waals surface area contributed by atoms with E-state index in [0.717, 1.165) is 12.0 Å². The van der Waals surface area contributed by atoms with Gasteiger partial charge in [0.05, 0.1) is 11.5 Å². The van der Waals surface area contributed by atoms with E-state index in [2.05, 4.69) is 5.16 Å². The number of nitrogens with zero attached hydrogens (tertiary/aromatic N) is 2. The minimum Gasteiger partial charge on any atom is -0.384 e. The summed E-state index contributed by atoms with van der Waals surface area (Å²) in [5, 5.41) is 3.82. The first-order valence-corrected chi connectivity index (χ1v) is 11.1. The Morgan fingerprint density at radius 3 is 2.63 bits per heavy atom. The number of sulfone groups is 1. The fourth-order valence-electron chi connectivity index (χ4n) is 3.09. The Morgan fingerprint density at radius 2 is 2.04 bits per heavy atom. The van der Waals surface area contributed by atoms with Gasteiger partial charge in [-0.05, 0) is 24.3 Å². The van der Waals surface area contributed by atoms with Gasteiger partial charge in [-0.2, -0.15) is 0 Å². The van der Waals surface area contributed by atoms with Crippen molar-refractivity contribution in [1.82, 2.24) is 4.90 Å². The lowest BCUT2D eigenvalue weighted by Crippen LogP contribution is -2.44. The second-order valence-electron chi connectivity index (χ2n) is 7.34. The van der Waals surface area contributed by atoms with E-state index < -0.39 is 9.84 Å². The van der Waals surface area contributed by atoms with Gasteiger partial charge >= 0.3 is 0 Å². The molecule has 1 amide bonds. The van der Waals surface area contributed by atoms with Crippen molar-refractivity contribution in [2.24, 2.45) is 16.8 Å². The number of amidine groups is 1. The second-order valence-corrected chi connectivity index (χ2v) is 9.57. The van der Waals surface area contributed by atoms with E-state index in [4.69, 9.17) is 10.6 Å². The summed E-state index contributed by atoms with van der Waals surface area (Å²) in [5.74, 6) is 0.450. The van der Waals surface area contributed by atoms with E-state index >= 15 is 0 Å². The van der Waals surface area contributed by atoms with Crippen LogP contribution in [0, 0.1) is 5.92 Å². The largest absolute Gasteiger partial charge is 0.384 e. The molecule has 0 radical (unpaired) electrons. The summed E-state index contributed by atoms with van der Waals surface area (Å²) in [6.45, 7) is 4.24. The molecular formula is C19H29N3O4S. The molecule has 1 fully saturated rings. The molecule has 1 saturated heterocycles. The zero-order chi connectivity index (χ0) is 19.9. The van der Waals surface area contributed by atoms with E-state index in [0.29, 0.717) is 25.2 Å². The molecule has 150 valence electrons. The molecule has 1 heterocycles. The molecule has 0 saturated carbocycles. The highest BCUT2D eigenvalue weighted by Gasteiger charge is 2.34. The van der Waals surface area contributed by atoms with E-state index in [-0.39, 0.29) is 36.0 Å². The zero-order valence-electron chi connectivity index (χ0n) is 16.0. The van der Waals surface area contributed by atoms with Gasteiger partial charge in [-0.1, -0.05) is 49.3 Å². The number of hydrogen-bond acceptors (Lipinski definition) is 5. The molecule has 1 aliphatic rings. The molecule has 8 heteroatoms. The lowest BCUT2D eigenvalue weighted by molar-refractivity contribution is -0.138. The molecule has 0 spiro atoms. The van der Waals surface area contributed by atoms with Gasteiger partial charge < -0.3 is 15.5 Å². The second kappa shape index (κ2) is 9.73. The summed E-state index contributed by atoms with van der Waals surface area (Å²) in [6.07, 6.45) is 1.75. The first-order valence-electron chi connectivity index (χ1n) is 9.25. The van der Waals surface area contributed by atoms with Crippen molar-refractivity contribution in [3.63, 3.8) is 0 Å². The predicted molar refractivity (Wildman–Crippen MR) is 106 cm³/mol. The van der Waals surface area contributed by atoms with Crippen molar-refractivity contribution in [2.75, 3.05) is 24.7 Å². The Hall–Kier alpha value is -2.09. The third kappa shape index (κ3) is 7.21. The lowest BCUT2D eigenvalue weighted by Gasteiger charge is -2.29. The number of oxime groups is 1. The number of carbonyl (C=O) groups excluding carboxylic acids is 1. The highest BCUT2D eigenvalue weighted by Crippen LogP contribution is 2.19. The molecular weight excluding hydrogens is 366 g/mol. The lowest BCUT2D eigenvalue weighted by atomic mass is 10.1. The number of nitrogens with two attached hydrogens (primary N) is 1. The minimum absolute atomic E-state index is 0.0218. The Labute approximate surface area is 161 Å². The average molecular weight is 396 g/mol. The van der Waals surface area contributed by atoms with Crippen LogP contribution in [0.25, 0.3) is 0 Å². The maximum Gasteiger partial charge on any atom is 0.263 e. The molecule has 0 bridgehead atoms. The van der Waals surface area contributed by atoms with Gasteiger partial charge in [-0.15, -0.1) is 0 Å². The monoisotopic (exact) mass is 395 g/mol. The topological polar surface area (TPSA) is 102 Å². The fraction of sp³-hybridized carbons (Fsp3) is 0.579. The van der Waals surface area contributed by atoms with Crippen LogP contribution in [0.15, 0.2) is 35.5 Å². The van der Waals surface area contributed by atoms with Crippen LogP contribution in [-0.2, 0) is 25.9 Å². The van der Waals surface area contributed by atoms with Gasteiger partial charge in [0.1, 0.15) is 5.84 Å². The van der Waals surface area contributed by atoms with E-state index in [1.165, 1.54) is 0 Å². The van der Waals surface area contributed by atoms with E-state index in [1.54, 1.807) is 4.90 Å². The summed E-state index contributed by atoms with van der Waals surface area (Å²) in [5.41, 5.74) is 6.99. The molecule has 1 aliphatic heterocycles. The number of carbonyl (C=O) groups is 1. The van der Waals surface area contributed by atoms with Crippen molar-refractivity contribution in [3.8, 4) is 0 Å². The van der Waals surface area contributed by atoms with Gasteiger partial charge in [0.2, 0.25) is 0 Å². The Morgan fingerprint density at radius 1 is 1.33 bits per heavy atom. The van der Waals surface area contributed by atoms with E-state index in [9.17, 15) is 13.2 Å². The smallest absolute Gasteiger partial charge is 0.263 e. The molecule has 7 nitrogen and oxygen atoms in total. The maximum atomic E-state index is 12.5. The van der Waals surface area contributed by atoms with Crippen LogP contribution in [0.3, 0.4) is 0 Å². The van der Waals surface area contributed by atoms with Gasteiger partial charge in [0, 0.05) is 19.0 Å². The number of rotatable bonds is 9.